The Morgan fingerprint density at radius 3 is 0.667 bits per heavy atom. The topological polar surface area (TPSA) is 237 Å². The Bertz CT molecular complexity index is 1830. The third kappa shape index (κ3) is 68.4. The number of hydrogen-bond acceptors (Lipinski definition) is 15. The number of hydrogen-bond donors (Lipinski definition) is 3. The Morgan fingerprint density at radius 2 is 0.452 bits per heavy atom. The van der Waals surface area contributed by atoms with Gasteiger partial charge in [0.1, 0.15) is 19.3 Å². The molecule has 0 heterocycles. The lowest BCUT2D eigenvalue weighted by molar-refractivity contribution is -0.161. The molecular weight excluding hydrogens is 1220 g/mol. The molecule has 5 atom stereocenters. The van der Waals surface area contributed by atoms with Gasteiger partial charge in [0.05, 0.1) is 26.4 Å². The number of aliphatic hydroxyl groups excluding tert-OH is 1. The van der Waals surface area contributed by atoms with Gasteiger partial charge in [0.25, 0.3) is 0 Å². The Kier molecular flexibility index (Phi) is 62.2. The average Bonchev–Trinajstić information content (AvgIpc) is 1.63. The van der Waals surface area contributed by atoms with Gasteiger partial charge in [-0.25, -0.2) is 9.13 Å². The van der Waals surface area contributed by atoms with Crippen molar-refractivity contribution in [2.75, 3.05) is 39.6 Å². The van der Waals surface area contributed by atoms with E-state index in [4.69, 9.17) is 37.0 Å². The predicted molar refractivity (Wildman–Crippen MR) is 377 cm³/mol. The fourth-order valence-electron chi connectivity index (χ4n) is 11.2. The highest BCUT2D eigenvalue weighted by Gasteiger charge is 2.30. The van der Waals surface area contributed by atoms with Crippen molar-refractivity contribution in [3.05, 3.63) is 0 Å². The summed E-state index contributed by atoms with van der Waals surface area (Å²) in [5.41, 5.74) is 0. The van der Waals surface area contributed by atoms with Gasteiger partial charge in [0, 0.05) is 25.7 Å². The molecule has 93 heavy (non-hydrogen) atoms. The van der Waals surface area contributed by atoms with Gasteiger partial charge in [0.15, 0.2) is 12.2 Å². The molecular formula is C74H144O17P2. The second-order valence-electron chi connectivity index (χ2n) is 28.6. The Hall–Kier alpha value is -1.94. The zero-order valence-electron chi connectivity index (χ0n) is 60.9. The molecule has 0 saturated heterocycles. The summed E-state index contributed by atoms with van der Waals surface area (Å²) in [6.45, 7) is 14.1. The lowest BCUT2D eigenvalue weighted by Gasteiger charge is -2.21. The molecule has 0 aromatic carbocycles. The van der Waals surface area contributed by atoms with Crippen LogP contribution in [0.5, 0.6) is 0 Å². The van der Waals surface area contributed by atoms with E-state index in [0.29, 0.717) is 37.5 Å². The van der Waals surface area contributed by atoms with Gasteiger partial charge in [0.2, 0.25) is 0 Å². The zero-order valence-corrected chi connectivity index (χ0v) is 62.7. The van der Waals surface area contributed by atoms with E-state index in [2.05, 4.69) is 55.4 Å². The number of carbonyl (C=O) groups excluding carboxylic acids is 4. The fraction of sp³-hybridized carbons (Fsp3) is 0.946. The van der Waals surface area contributed by atoms with E-state index in [1.165, 1.54) is 167 Å². The minimum Gasteiger partial charge on any atom is -0.462 e. The molecule has 19 heteroatoms. The molecule has 552 valence electrons. The molecule has 0 aliphatic heterocycles. The fourth-order valence-corrected chi connectivity index (χ4v) is 12.8. The van der Waals surface area contributed by atoms with E-state index in [0.717, 1.165) is 108 Å². The maximum atomic E-state index is 13.0. The van der Waals surface area contributed by atoms with Crippen molar-refractivity contribution in [1.82, 2.24) is 0 Å². The molecule has 0 aliphatic carbocycles. The summed E-state index contributed by atoms with van der Waals surface area (Å²) in [7, 11) is -9.91. The smallest absolute Gasteiger partial charge is 0.462 e. The SMILES string of the molecule is CC(C)CCCCCCCCCCCCCCCCCC(=O)OC[C@H](COP(=O)(O)OCC(O)COP(=O)(O)OC[C@@H](COC(=O)CCCCCCCCCC(C)C)OC(=O)CCCCCCCCCCCCCCC(C)C)OC(=O)CCCCCCCCCC(C)C. The van der Waals surface area contributed by atoms with E-state index >= 15 is 0 Å². The van der Waals surface area contributed by atoms with E-state index in [1.54, 1.807) is 0 Å². The molecule has 0 fully saturated rings. The van der Waals surface area contributed by atoms with Crippen molar-refractivity contribution in [1.29, 1.82) is 0 Å². The zero-order chi connectivity index (χ0) is 68.9. The van der Waals surface area contributed by atoms with Crippen LogP contribution >= 0.6 is 15.6 Å². The molecule has 0 amide bonds. The van der Waals surface area contributed by atoms with Gasteiger partial charge in [-0.1, -0.05) is 319 Å². The average molecular weight is 1370 g/mol. The van der Waals surface area contributed by atoms with Gasteiger partial charge in [-0.2, -0.15) is 0 Å². The molecule has 0 rings (SSSR count). The van der Waals surface area contributed by atoms with Crippen molar-refractivity contribution in [2.24, 2.45) is 23.7 Å². The predicted octanol–water partition coefficient (Wildman–Crippen LogP) is 21.3. The number of phosphoric ester groups is 2. The Labute approximate surface area is 568 Å². The van der Waals surface area contributed by atoms with Crippen molar-refractivity contribution in [2.45, 2.75) is 388 Å². The first-order valence-corrected chi connectivity index (χ1v) is 41.2. The quantitative estimate of drug-likeness (QED) is 0.0222. The standard InChI is InChI=1S/C74H144O17P2/c1-64(2)50-42-34-26-20-16-12-10-9-11-13-18-22-30-38-46-54-71(76)84-60-70(91-74(79)57-49-41-33-25-29-37-45-53-67(7)8)63-89-93(82,83)87-59-68(75)58-86-92(80,81)88-62-69(61-85-72(77)55-47-39-32-24-28-36-44-52-66(5)6)90-73(78)56-48-40-31-23-19-15-14-17-21-27-35-43-51-65(3)4/h64-70,75H,9-63H2,1-8H3,(H,80,81)(H,82,83)/t68?,69-,70-/m1/s1. The third-order valence-corrected chi connectivity index (χ3v) is 19.0. The van der Waals surface area contributed by atoms with E-state index in [1.807, 2.05) is 0 Å². The van der Waals surface area contributed by atoms with E-state index in [9.17, 15) is 43.2 Å². The summed E-state index contributed by atoms with van der Waals surface area (Å²) in [5, 5.41) is 10.6. The van der Waals surface area contributed by atoms with Crippen LogP contribution in [0.3, 0.4) is 0 Å². The van der Waals surface area contributed by atoms with Gasteiger partial charge in [-0.3, -0.25) is 37.3 Å². The second-order valence-corrected chi connectivity index (χ2v) is 31.5. The second kappa shape index (κ2) is 63.5. The summed E-state index contributed by atoms with van der Waals surface area (Å²) in [6, 6.07) is 0. The molecule has 17 nitrogen and oxygen atoms in total. The molecule has 0 spiro atoms. The summed E-state index contributed by atoms with van der Waals surface area (Å²) in [5.74, 6) is 0.857. The van der Waals surface area contributed by atoms with Gasteiger partial charge in [-0.05, 0) is 49.4 Å². The van der Waals surface area contributed by atoms with Crippen LogP contribution in [0.15, 0.2) is 0 Å². The van der Waals surface area contributed by atoms with Crippen LogP contribution in [0.1, 0.15) is 370 Å². The lowest BCUT2D eigenvalue weighted by Crippen LogP contribution is -2.30. The van der Waals surface area contributed by atoms with Crippen molar-refractivity contribution in [3.63, 3.8) is 0 Å². The number of aliphatic hydroxyl groups is 1. The first kappa shape index (κ1) is 91.1. The van der Waals surface area contributed by atoms with Crippen molar-refractivity contribution >= 4 is 39.5 Å². The Morgan fingerprint density at radius 1 is 0.269 bits per heavy atom. The van der Waals surface area contributed by atoms with Crippen LogP contribution < -0.4 is 0 Å². The highest BCUT2D eigenvalue weighted by atomic mass is 31.2. The van der Waals surface area contributed by atoms with Crippen LogP contribution in [0.2, 0.25) is 0 Å². The summed E-state index contributed by atoms with van der Waals surface area (Å²) >= 11 is 0. The Balaban J connectivity index is 5.19. The number of esters is 4. The molecule has 3 unspecified atom stereocenters. The summed E-state index contributed by atoms with van der Waals surface area (Å²) in [4.78, 5) is 72.7. The van der Waals surface area contributed by atoms with Gasteiger partial charge >= 0.3 is 39.5 Å². The highest BCUT2D eigenvalue weighted by Crippen LogP contribution is 2.45. The molecule has 0 aromatic heterocycles. The van der Waals surface area contributed by atoms with Gasteiger partial charge < -0.3 is 33.8 Å². The molecule has 0 aliphatic rings. The number of unbranched alkanes of at least 4 members (excludes halogenated alkanes) is 37. The first-order valence-electron chi connectivity index (χ1n) is 38.2. The molecule has 0 bridgehead atoms. The maximum absolute atomic E-state index is 13.0. The molecule has 0 aromatic rings. The number of carbonyl (C=O) groups is 4. The van der Waals surface area contributed by atoms with Crippen molar-refractivity contribution < 1.29 is 80.2 Å². The monoisotopic (exact) mass is 1370 g/mol. The van der Waals surface area contributed by atoms with E-state index < -0.39 is 97.5 Å². The highest BCUT2D eigenvalue weighted by molar-refractivity contribution is 7.47. The van der Waals surface area contributed by atoms with Crippen LogP contribution in [-0.2, 0) is 65.4 Å². The normalized spacial score (nSPS) is 14.2. The van der Waals surface area contributed by atoms with Crippen LogP contribution in [0.25, 0.3) is 0 Å². The van der Waals surface area contributed by atoms with Crippen LogP contribution in [0, 0.1) is 23.7 Å². The molecule has 3 N–H and O–H groups in total. The van der Waals surface area contributed by atoms with Crippen molar-refractivity contribution in [3.8, 4) is 0 Å². The molecule has 0 radical (unpaired) electrons. The third-order valence-electron chi connectivity index (χ3n) is 17.1. The summed E-state index contributed by atoms with van der Waals surface area (Å²) < 4.78 is 68.4. The minimum atomic E-state index is -4.95. The van der Waals surface area contributed by atoms with E-state index in [-0.39, 0.29) is 25.7 Å². The largest absolute Gasteiger partial charge is 0.472 e. The number of rotatable bonds is 71. The maximum Gasteiger partial charge on any atom is 0.472 e. The first-order chi connectivity index (χ1) is 44.6. The van der Waals surface area contributed by atoms with Crippen LogP contribution in [0.4, 0.5) is 0 Å². The minimum absolute atomic E-state index is 0.103. The van der Waals surface area contributed by atoms with Crippen LogP contribution in [-0.4, -0.2) is 96.7 Å². The van der Waals surface area contributed by atoms with Gasteiger partial charge in [-0.15, -0.1) is 0 Å². The number of phosphoric acid groups is 2. The number of ether oxygens (including phenoxy) is 4. The summed E-state index contributed by atoms with van der Waals surface area (Å²) in [6.07, 6.45) is 47.4. The lowest BCUT2D eigenvalue weighted by atomic mass is 10.0. The molecule has 0 saturated carbocycles.